The molecule has 2 N–H and O–H groups in total. The van der Waals surface area contributed by atoms with E-state index in [0.29, 0.717) is 19.6 Å². The van der Waals surface area contributed by atoms with Gasteiger partial charge >= 0.3 is 0 Å². The Labute approximate surface area is 139 Å². The first kappa shape index (κ1) is 19.9. The molecule has 0 aromatic carbocycles. The molecule has 0 amide bonds. The summed E-state index contributed by atoms with van der Waals surface area (Å²) in [6.07, 6.45) is 4.26. The maximum atomic E-state index is 11.6. The smallest absolute Gasteiger partial charge is 0.214 e. The van der Waals surface area contributed by atoms with Crippen LogP contribution in [-0.4, -0.2) is 57.7 Å². The minimum absolute atomic E-state index is 0. The first-order valence-corrected chi connectivity index (χ1v) is 8.63. The normalized spacial score (nSPS) is 18.6. The maximum Gasteiger partial charge on any atom is 0.214 e. The van der Waals surface area contributed by atoms with Crippen LogP contribution < -0.4 is 10.6 Å². The Hall–Kier alpha value is -0.0900. The molecule has 0 unspecified atom stereocenters. The van der Waals surface area contributed by atoms with Crippen LogP contribution in [-0.2, 0) is 10.0 Å². The molecule has 1 rings (SSSR count). The number of nitrogens with zero attached hydrogens (tertiary/aromatic N) is 2. The first-order chi connectivity index (χ1) is 9.10. The van der Waals surface area contributed by atoms with Gasteiger partial charge in [0.1, 0.15) is 0 Å². The fourth-order valence-corrected chi connectivity index (χ4v) is 3.57. The Morgan fingerprint density at radius 2 is 1.95 bits per heavy atom. The van der Waals surface area contributed by atoms with Gasteiger partial charge in [-0.1, -0.05) is 19.8 Å². The van der Waals surface area contributed by atoms with Crippen molar-refractivity contribution in [3.8, 4) is 0 Å². The zero-order chi connectivity index (χ0) is 14.1. The third-order valence-corrected chi connectivity index (χ3v) is 5.11. The SMILES string of the molecule is CCCCCNC(=NC)NCCN1CCCS1(=O)=O.I. The molecule has 0 radical (unpaired) electrons. The molecule has 0 aromatic rings. The molecule has 0 aromatic heterocycles. The van der Waals surface area contributed by atoms with Gasteiger partial charge in [-0.15, -0.1) is 24.0 Å². The summed E-state index contributed by atoms with van der Waals surface area (Å²) >= 11 is 0. The van der Waals surface area contributed by atoms with E-state index in [1.807, 2.05) is 0 Å². The van der Waals surface area contributed by atoms with Gasteiger partial charge in [0.25, 0.3) is 0 Å². The molecule has 0 bridgehead atoms. The van der Waals surface area contributed by atoms with Crippen molar-refractivity contribution in [2.24, 2.45) is 4.99 Å². The van der Waals surface area contributed by atoms with E-state index < -0.39 is 10.0 Å². The molecule has 1 heterocycles. The number of halogens is 1. The molecule has 1 aliphatic rings. The highest BCUT2D eigenvalue weighted by Gasteiger charge is 2.27. The van der Waals surface area contributed by atoms with Crippen LogP contribution in [0, 0.1) is 0 Å². The van der Waals surface area contributed by atoms with E-state index in [1.54, 1.807) is 11.4 Å². The molecule has 0 aliphatic carbocycles. The van der Waals surface area contributed by atoms with Crippen molar-refractivity contribution < 1.29 is 8.42 Å². The molecule has 8 heteroatoms. The molecule has 120 valence electrons. The van der Waals surface area contributed by atoms with E-state index in [2.05, 4.69) is 22.5 Å². The Balaban J connectivity index is 0.00000361. The van der Waals surface area contributed by atoms with Crippen LogP contribution in [0.3, 0.4) is 0 Å². The van der Waals surface area contributed by atoms with Crippen LogP contribution in [0.4, 0.5) is 0 Å². The zero-order valence-corrected chi connectivity index (χ0v) is 15.5. The highest BCUT2D eigenvalue weighted by Crippen LogP contribution is 2.11. The summed E-state index contributed by atoms with van der Waals surface area (Å²) < 4.78 is 24.8. The molecule has 1 aliphatic heterocycles. The summed E-state index contributed by atoms with van der Waals surface area (Å²) in [6, 6.07) is 0. The van der Waals surface area contributed by atoms with Gasteiger partial charge in [-0.25, -0.2) is 12.7 Å². The van der Waals surface area contributed by atoms with Gasteiger partial charge in [0, 0.05) is 33.2 Å². The van der Waals surface area contributed by atoms with Gasteiger partial charge < -0.3 is 10.6 Å². The summed E-state index contributed by atoms with van der Waals surface area (Å²) in [5.74, 6) is 1.03. The quantitative estimate of drug-likeness (QED) is 0.280. The molecule has 1 saturated heterocycles. The van der Waals surface area contributed by atoms with Crippen molar-refractivity contribution in [1.29, 1.82) is 0 Å². The topological polar surface area (TPSA) is 73.8 Å². The molecule has 1 fully saturated rings. The fourth-order valence-electron chi connectivity index (χ4n) is 2.04. The van der Waals surface area contributed by atoms with Gasteiger partial charge in [0.05, 0.1) is 5.75 Å². The highest BCUT2D eigenvalue weighted by atomic mass is 127. The number of sulfonamides is 1. The lowest BCUT2D eigenvalue weighted by atomic mass is 10.2. The molecule has 6 nitrogen and oxygen atoms in total. The lowest BCUT2D eigenvalue weighted by Crippen LogP contribution is -2.42. The minimum atomic E-state index is -2.98. The fraction of sp³-hybridized carbons (Fsp3) is 0.917. The van der Waals surface area contributed by atoms with E-state index in [0.717, 1.165) is 25.3 Å². The van der Waals surface area contributed by atoms with Crippen LogP contribution in [0.2, 0.25) is 0 Å². The van der Waals surface area contributed by atoms with Gasteiger partial charge in [0.2, 0.25) is 10.0 Å². The maximum absolute atomic E-state index is 11.6. The first-order valence-electron chi connectivity index (χ1n) is 7.02. The molecular formula is C12H27IN4O2S. The predicted octanol–water partition coefficient (Wildman–Crippen LogP) is 0.995. The monoisotopic (exact) mass is 418 g/mol. The number of hydrogen-bond donors (Lipinski definition) is 2. The second-order valence-electron chi connectivity index (χ2n) is 4.70. The molecule has 0 spiro atoms. The Morgan fingerprint density at radius 1 is 1.25 bits per heavy atom. The van der Waals surface area contributed by atoms with E-state index in [4.69, 9.17) is 0 Å². The third-order valence-electron chi connectivity index (χ3n) is 3.15. The second-order valence-corrected chi connectivity index (χ2v) is 6.79. The van der Waals surface area contributed by atoms with Gasteiger partial charge in [-0.3, -0.25) is 4.99 Å². The number of aliphatic imine (C=N–C) groups is 1. The summed E-state index contributed by atoms with van der Waals surface area (Å²) in [5, 5.41) is 6.37. The standard InChI is InChI=1S/C12H26N4O2S.HI/c1-3-4-5-7-14-12(13-2)15-8-10-16-9-6-11-19(16,17)18;/h3-11H2,1-2H3,(H2,13,14,15);1H. The average molecular weight is 418 g/mol. The third kappa shape index (κ3) is 7.07. The number of rotatable bonds is 7. The van der Waals surface area contributed by atoms with Crippen molar-refractivity contribution in [3.63, 3.8) is 0 Å². The Bertz CT molecular complexity index is 387. The highest BCUT2D eigenvalue weighted by molar-refractivity contribution is 14.0. The summed E-state index contributed by atoms with van der Waals surface area (Å²) in [7, 11) is -1.26. The predicted molar refractivity (Wildman–Crippen MR) is 94.3 cm³/mol. The van der Waals surface area contributed by atoms with Crippen molar-refractivity contribution in [2.45, 2.75) is 32.6 Å². The number of hydrogen-bond acceptors (Lipinski definition) is 3. The van der Waals surface area contributed by atoms with Crippen LogP contribution in [0.25, 0.3) is 0 Å². The van der Waals surface area contributed by atoms with Crippen molar-refractivity contribution in [2.75, 3.05) is 39.0 Å². The Morgan fingerprint density at radius 3 is 2.50 bits per heavy atom. The van der Waals surface area contributed by atoms with Crippen LogP contribution in [0.15, 0.2) is 4.99 Å². The van der Waals surface area contributed by atoms with Crippen LogP contribution in [0.5, 0.6) is 0 Å². The van der Waals surface area contributed by atoms with Gasteiger partial charge in [0.15, 0.2) is 5.96 Å². The summed E-state index contributed by atoms with van der Waals surface area (Å²) in [5.41, 5.74) is 0. The average Bonchev–Trinajstić information content (AvgIpc) is 2.71. The summed E-state index contributed by atoms with van der Waals surface area (Å²) in [4.78, 5) is 4.11. The molecular weight excluding hydrogens is 391 g/mol. The number of unbranched alkanes of at least 4 members (excludes halogenated alkanes) is 2. The van der Waals surface area contributed by atoms with Crippen molar-refractivity contribution in [3.05, 3.63) is 0 Å². The van der Waals surface area contributed by atoms with E-state index in [1.165, 1.54) is 12.8 Å². The van der Waals surface area contributed by atoms with Gasteiger partial charge in [-0.05, 0) is 12.8 Å². The molecule has 0 atom stereocenters. The zero-order valence-electron chi connectivity index (χ0n) is 12.4. The molecule has 20 heavy (non-hydrogen) atoms. The van der Waals surface area contributed by atoms with Gasteiger partial charge in [-0.2, -0.15) is 0 Å². The summed E-state index contributed by atoms with van der Waals surface area (Å²) in [6.45, 7) is 4.82. The van der Waals surface area contributed by atoms with Crippen LogP contribution >= 0.6 is 24.0 Å². The van der Waals surface area contributed by atoms with E-state index in [9.17, 15) is 8.42 Å². The van der Waals surface area contributed by atoms with Crippen LogP contribution in [0.1, 0.15) is 32.6 Å². The largest absolute Gasteiger partial charge is 0.356 e. The number of guanidine groups is 1. The van der Waals surface area contributed by atoms with E-state index in [-0.39, 0.29) is 29.7 Å². The lowest BCUT2D eigenvalue weighted by molar-refractivity contribution is 0.445. The molecule has 0 saturated carbocycles. The second kappa shape index (κ2) is 10.6. The number of nitrogens with one attached hydrogen (secondary N) is 2. The lowest BCUT2D eigenvalue weighted by Gasteiger charge is -2.16. The van der Waals surface area contributed by atoms with E-state index >= 15 is 0 Å². The van der Waals surface area contributed by atoms with Crippen molar-refractivity contribution >= 4 is 40.0 Å². The minimum Gasteiger partial charge on any atom is -0.356 e. The van der Waals surface area contributed by atoms with Crippen molar-refractivity contribution in [1.82, 2.24) is 14.9 Å². The Kier molecular flexibility index (Phi) is 10.6.